The standard InChI is InChI=1S/C16H33N3O/c1-3-8-17-16(2,14-20)7-4-9-18-10-12-19(13-11-18)15-5-6-15/h15,17,20H,3-14H2,1-2H3. The molecule has 1 saturated carbocycles. The number of hydrogen-bond acceptors (Lipinski definition) is 4. The molecule has 4 heteroatoms. The van der Waals surface area contributed by atoms with Crippen LogP contribution >= 0.6 is 0 Å². The van der Waals surface area contributed by atoms with Crippen molar-refractivity contribution in [1.82, 2.24) is 15.1 Å². The van der Waals surface area contributed by atoms with Crippen LogP contribution in [0.3, 0.4) is 0 Å². The Morgan fingerprint density at radius 2 is 1.90 bits per heavy atom. The molecule has 0 aromatic rings. The van der Waals surface area contributed by atoms with Gasteiger partial charge in [-0.25, -0.2) is 0 Å². The highest BCUT2D eigenvalue weighted by molar-refractivity contribution is 4.88. The van der Waals surface area contributed by atoms with Gasteiger partial charge in [0.2, 0.25) is 0 Å². The van der Waals surface area contributed by atoms with E-state index in [0.717, 1.165) is 25.4 Å². The van der Waals surface area contributed by atoms with Crippen molar-refractivity contribution in [3.8, 4) is 0 Å². The molecule has 0 aromatic carbocycles. The number of piperazine rings is 1. The Bertz CT molecular complexity index is 275. The van der Waals surface area contributed by atoms with Crippen LogP contribution < -0.4 is 5.32 Å². The van der Waals surface area contributed by atoms with Crippen molar-refractivity contribution in [3.05, 3.63) is 0 Å². The van der Waals surface area contributed by atoms with Crippen LogP contribution in [-0.4, -0.2) is 72.4 Å². The lowest BCUT2D eigenvalue weighted by molar-refractivity contribution is 0.116. The molecular weight excluding hydrogens is 250 g/mol. The lowest BCUT2D eigenvalue weighted by atomic mass is 9.96. The van der Waals surface area contributed by atoms with E-state index >= 15 is 0 Å². The lowest BCUT2D eigenvalue weighted by Gasteiger charge is -2.36. The van der Waals surface area contributed by atoms with Crippen molar-refractivity contribution in [2.75, 3.05) is 45.9 Å². The van der Waals surface area contributed by atoms with E-state index in [1.54, 1.807) is 0 Å². The Morgan fingerprint density at radius 1 is 1.20 bits per heavy atom. The van der Waals surface area contributed by atoms with Gasteiger partial charge in [0, 0.05) is 37.8 Å². The van der Waals surface area contributed by atoms with Gasteiger partial charge in [0.05, 0.1) is 6.61 Å². The summed E-state index contributed by atoms with van der Waals surface area (Å²) in [4.78, 5) is 5.26. The molecule has 0 aromatic heterocycles. The van der Waals surface area contributed by atoms with Crippen LogP contribution in [0.25, 0.3) is 0 Å². The highest BCUT2D eigenvalue weighted by atomic mass is 16.3. The summed E-state index contributed by atoms with van der Waals surface area (Å²) in [5.74, 6) is 0. The zero-order chi connectivity index (χ0) is 14.4. The van der Waals surface area contributed by atoms with Crippen molar-refractivity contribution < 1.29 is 5.11 Å². The number of aliphatic hydroxyl groups is 1. The quantitative estimate of drug-likeness (QED) is 0.669. The summed E-state index contributed by atoms with van der Waals surface area (Å²) in [6.45, 7) is 11.7. The van der Waals surface area contributed by atoms with Crippen LogP contribution in [0.15, 0.2) is 0 Å². The van der Waals surface area contributed by atoms with E-state index in [0.29, 0.717) is 0 Å². The van der Waals surface area contributed by atoms with Gasteiger partial charge in [-0.15, -0.1) is 0 Å². The number of nitrogens with one attached hydrogen (secondary N) is 1. The number of nitrogens with zero attached hydrogens (tertiary/aromatic N) is 2. The summed E-state index contributed by atoms with van der Waals surface area (Å²) in [6, 6.07) is 0.924. The molecule has 118 valence electrons. The van der Waals surface area contributed by atoms with Crippen LogP contribution in [0.5, 0.6) is 0 Å². The summed E-state index contributed by atoms with van der Waals surface area (Å²) in [5.41, 5.74) is -0.0914. The number of hydrogen-bond donors (Lipinski definition) is 2. The zero-order valence-electron chi connectivity index (χ0n) is 13.4. The zero-order valence-corrected chi connectivity index (χ0v) is 13.4. The molecule has 0 amide bonds. The van der Waals surface area contributed by atoms with Crippen molar-refractivity contribution in [2.45, 2.75) is 57.5 Å². The van der Waals surface area contributed by atoms with Gasteiger partial charge in [-0.2, -0.15) is 0 Å². The fraction of sp³-hybridized carbons (Fsp3) is 1.00. The van der Waals surface area contributed by atoms with E-state index in [1.807, 2.05) is 0 Å². The molecule has 0 bridgehead atoms. The van der Waals surface area contributed by atoms with Crippen molar-refractivity contribution >= 4 is 0 Å². The van der Waals surface area contributed by atoms with Crippen LogP contribution in [-0.2, 0) is 0 Å². The molecule has 2 rings (SSSR count). The maximum Gasteiger partial charge on any atom is 0.0610 e. The lowest BCUT2D eigenvalue weighted by Crippen LogP contribution is -2.49. The first-order valence-corrected chi connectivity index (χ1v) is 8.49. The van der Waals surface area contributed by atoms with Crippen LogP contribution in [0.1, 0.15) is 46.0 Å². The van der Waals surface area contributed by atoms with Crippen molar-refractivity contribution in [2.24, 2.45) is 0 Å². The van der Waals surface area contributed by atoms with Gasteiger partial charge in [0.25, 0.3) is 0 Å². The summed E-state index contributed by atoms with van der Waals surface area (Å²) in [7, 11) is 0. The molecule has 0 spiro atoms. The average Bonchev–Trinajstić information content (AvgIpc) is 3.31. The molecule has 1 atom stereocenters. The molecule has 1 unspecified atom stereocenters. The minimum absolute atomic E-state index is 0.0914. The molecule has 2 aliphatic rings. The van der Waals surface area contributed by atoms with Gasteiger partial charge in [0.15, 0.2) is 0 Å². The van der Waals surface area contributed by atoms with Crippen molar-refractivity contribution in [3.63, 3.8) is 0 Å². The smallest absolute Gasteiger partial charge is 0.0610 e. The maximum absolute atomic E-state index is 9.57. The number of aliphatic hydroxyl groups excluding tert-OH is 1. The van der Waals surface area contributed by atoms with Crippen LogP contribution in [0.2, 0.25) is 0 Å². The van der Waals surface area contributed by atoms with E-state index in [9.17, 15) is 5.11 Å². The fourth-order valence-electron chi connectivity index (χ4n) is 3.13. The molecule has 2 fully saturated rings. The minimum atomic E-state index is -0.0914. The third-order valence-electron chi connectivity index (χ3n) is 4.82. The summed E-state index contributed by atoms with van der Waals surface area (Å²) in [6.07, 6.45) is 6.22. The Labute approximate surface area is 124 Å². The third kappa shape index (κ3) is 4.99. The average molecular weight is 283 g/mol. The topological polar surface area (TPSA) is 38.7 Å². The minimum Gasteiger partial charge on any atom is -0.394 e. The second-order valence-corrected chi connectivity index (χ2v) is 6.86. The Morgan fingerprint density at radius 3 is 2.45 bits per heavy atom. The Hall–Kier alpha value is -0.160. The predicted octanol–water partition coefficient (Wildman–Crippen LogP) is 1.30. The highest BCUT2D eigenvalue weighted by Crippen LogP contribution is 2.27. The first-order chi connectivity index (χ1) is 9.67. The molecule has 1 heterocycles. The van der Waals surface area contributed by atoms with E-state index in [-0.39, 0.29) is 12.1 Å². The molecular formula is C16H33N3O. The van der Waals surface area contributed by atoms with Crippen LogP contribution in [0.4, 0.5) is 0 Å². The van der Waals surface area contributed by atoms with Gasteiger partial charge in [-0.05, 0) is 52.1 Å². The maximum atomic E-state index is 9.57. The largest absolute Gasteiger partial charge is 0.394 e. The monoisotopic (exact) mass is 283 g/mol. The van der Waals surface area contributed by atoms with Crippen LogP contribution in [0, 0.1) is 0 Å². The molecule has 1 aliphatic heterocycles. The van der Waals surface area contributed by atoms with E-state index in [1.165, 1.54) is 52.0 Å². The first kappa shape index (κ1) is 16.2. The summed E-state index contributed by atoms with van der Waals surface area (Å²) >= 11 is 0. The van der Waals surface area contributed by atoms with E-state index in [4.69, 9.17) is 0 Å². The van der Waals surface area contributed by atoms with Crippen molar-refractivity contribution in [1.29, 1.82) is 0 Å². The third-order valence-corrected chi connectivity index (χ3v) is 4.82. The van der Waals surface area contributed by atoms with Gasteiger partial charge < -0.3 is 15.3 Å². The van der Waals surface area contributed by atoms with Gasteiger partial charge >= 0.3 is 0 Å². The highest BCUT2D eigenvalue weighted by Gasteiger charge is 2.31. The molecule has 4 nitrogen and oxygen atoms in total. The van der Waals surface area contributed by atoms with E-state index in [2.05, 4.69) is 29.0 Å². The fourth-order valence-corrected chi connectivity index (χ4v) is 3.13. The normalized spacial score (nSPS) is 24.8. The SMILES string of the molecule is CCCNC(C)(CO)CCCN1CCN(C2CC2)CC1. The predicted molar refractivity (Wildman–Crippen MR) is 84.1 cm³/mol. The molecule has 1 saturated heterocycles. The second kappa shape index (κ2) is 7.74. The second-order valence-electron chi connectivity index (χ2n) is 6.86. The summed E-state index contributed by atoms with van der Waals surface area (Å²) in [5, 5.41) is 13.1. The Kier molecular flexibility index (Phi) is 6.27. The van der Waals surface area contributed by atoms with Gasteiger partial charge in [-0.3, -0.25) is 4.90 Å². The first-order valence-electron chi connectivity index (χ1n) is 8.49. The molecule has 0 radical (unpaired) electrons. The van der Waals surface area contributed by atoms with Gasteiger partial charge in [-0.1, -0.05) is 6.92 Å². The molecule has 20 heavy (non-hydrogen) atoms. The number of rotatable bonds is 9. The summed E-state index contributed by atoms with van der Waals surface area (Å²) < 4.78 is 0. The molecule has 2 N–H and O–H groups in total. The van der Waals surface area contributed by atoms with Gasteiger partial charge in [0.1, 0.15) is 0 Å². The molecule has 1 aliphatic carbocycles. The Balaban J connectivity index is 1.60. The van der Waals surface area contributed by atoms with E-state index < -0.39 is 0 Å².